The van der Waals surface area contributed by atoms with Crippen LogP contribution in [0, 0.1) is 12.8 Å². The van der Waals surface area contributed by atoms with Crippen molar-refractivity contribution in [3.8, 4) is 0 Å². The Morgan fingerprint density at radius 1 is 1.48 bits per heavy atom. The van der Waals surface area contributed by atoms with E-state index < -0.39 is 23.5 Å². The van der Waals surface area contributed by atoms with Gasteiger partial charge in [0, 0.05) is 12.2 Å². The second-order valence-electron chi connectivity index (χ2n) is 4.59. The molecule has 1 amide bonds. The third-order valence-corrected chi connectivity index (χ3v) is 3.68. The summed E-state index contributed by atoms with van der Waals surface area (Å²) < 4.78 is 0. The topological polar surface area (TPSA) is 112 Å². The molecule has 1 heterocycles. The molecule has 8 heteroatoms. The molecule has 0 aliphatic rings. The van der Waals surface area contributed by atoms with Crippen LogP contribution in [-0.2, 0) is 4.79 Å². The van der Waals surface area contributed by atoms with Gasteiger partial charge in [0.15, 0.2) is 0 Å². The number of carbonyl (C=O) groups is 2. The number of aromatic amines is 1. The molecule has 1 atom stereocenters. The highest BCUT2D eigenvalue weighted by Crippen LogP contribution is 2.18. The van der Waals surface area contributed by atoms with Gasteiger partial charge in [-0.2, -0.15) is 4.98 Å². The first-order valence-electron chi connectivity index (χ1n) is 6.56. The predicted octanol–water partition coefficient (Wildman–Crippen LogP) is 1.03. The van der Waals surface area contributed by atoms with E-state index in [1.807, 2.05) is 6.92 Å². The van der Waals surface area contributed by atoms with Crippen LogP contribution in [0.5, 0.6) is 0 Å². The number of nitrogens with zero attached hydrogens (tertiary/aromatic N) is 1. The smallest absolute Gasteiger partial charge is 0.346 e. The molecule has 0 saturated carbocycles. The van der Waals surface area contributed by atoms with Crippen molar-refractivity contribution in [2.24, 2.45) is 5.92 Å². The van der Waals surface area contributed by atoms with Gasteiger partial charge in [-0.1, -0.05) is 13.3 Å². The molecule has 0 saturated heterocycles. The maximum Gasteiger partial charge on any atom is 0.346 e. The number of thioether (sulfide) groups is 1. The predicted molar refractivity (Wildman–Crippen MR) is 79.7 cm³/mol. The lowest BCUT2D eigenvalue weighted by molar-refractivity contribution is -0.141. The highest BCUT2D eigenvalue weighted by Gasteiger charge is 2.21. The average molecular weight is 313 g/mol. The van der Waals surface area contributed by atoms with E-state index in [4.69, 9.17) is 5.11 Å². The van der Waals surface area contributed by atoms with E-state index >= 15 is 0 Å². The van der Waals surface area contributed by atoms with Gasteiger partial charge < -0.3 is 15.4 Å². The lowest BCUT2D eigenvalue weighted by Crippen LogP contribution is -2.34. The standard InChI is InChI=1S/C13H19N3O4S/c1-4-5-8(12(18)19)6-14-10(17)9-7(2)15-13(20)16-11(9)21-3/h8H,4-6H2,1-3H3,(H,14,17)(H,18,19)(H,15,16,20). The second-order valence-corrected chi connectivity index (χ2v) is 5.38. The molecule has 1 rings (SSSR count). The number of H-pyrrole nitrogens is 1. The maximum absolute atomic E-state index is 12.2. The average Bonchev–Trinajstić information content (AvgIpc) is 2.41. The Balaban J connectivity index is 2.90. The Hall–Kier alpha value is -1.83. The van der Waals surface area contributed by atoms with E-state index in [9.17, 15) is 14.4 Å². The van der Waals surface area contributed by atoms with E-state index in [1.165, 1.54) is 11.8 Å². The SMILES string of the molecule is CCCC(CNC(=O)c1c(SC)nc(=O)[nH]c1C)C(=O)O. The molecule has 1 unspecified atom stereocenters. The molecular formula is C13H19N3O4S. The zero-order chi connectivity index (χ0) is 16.0. The molecule has 0 radical (unpaired) electrons. The van der Waals surface area contributed by atoms with Crippen LogP contribution in [0.2, 0.25) is 0 Å². The van der Waals surface area contributed by atoms with Gasteiger partial charge in [0.2, 0.25) is 0 Å². The van der Waals surface area contributed by atoms with E-state index in [1.54, 1.807) is 13.2 Å². The number of carbonyl (C=O) groups excluding carboxylic acids is 1. The normalized spacial score (nSPS) is 12.0. The summed E-state index contributed by atoms with van der Waals surface area (Å²) in [7, 11) is 0. The summed E-state index contributed by atoms with van der Waals surface area (Å²) in [5.74, 6) is -1.98. The summed E-state index contributed by atoms with van der Waals surface area (Å²) in [6, 6.07) is 0. The van der Waals surface area contributed by atoms with Crippen LogP contribution in [0.25, 0.3) is 0 Å². The van der Waals surface area contributed by atoms with Gasteiger partial charge in [0.25, 0.3) is 5.91 Å². The van der Waals surface area contributed by atoms with Gasteiger partial charge in [0.1, 0.15) is 5.03 Å². The van der Waals surface area contributed by atoms with Crippen LogP contribution in [0.3, 0.4) is 0 Å². The molecule has 7 nitrogen and oxygen atoms in total. The number of amides is 1. The van der Waals surface area contributed by atoms with Gasteiger partial charge in [-0.15, -0.1) is 11.8 Å². The fraction of sp³-hybridized carbons (Fsp3) is 0.538. The molecule has 1 aromatic heterocycles. The molecule has 1 aromatic rings. The number of carboxylic acids is 1. The quantitative estimate of drug-likeness (QED) is 0.512. The molecule has 0 spiro atoms. The third kappa shape index (κ3) is 4.59. The van der Waals surface area contributed by atoms with Gasteiger partial charge in [-0.3, -0.25) is 9.59 Å². The molecule has 116 valence electrons. The van der Waals surface area contributed by atoms with Gasteiger partial charge in [-0.25, -0.2) is 4.79 Å². The first-order chi connectivity index (χ1) is 9.90. The molecule has 0 aliphatic carbocycles. The minimum absolute atomic E-state index is 0.0500. The van der Waals surface area contributed by atoms with Crippen LogP contribution in [-0.4, -0.2) is 39.8 Å². The van der Waals surface area contributed by atoms with Crippen molar-refractivity contribution in [1.82, 2.24) is 15.3 Å². The van der Waals surface area contributed by atoms with Crippen molar-refractivity contribution in [2.75, 3.05) is 12.8 Å². The first-order valence-corrected chi connectivity index (χ1v) is 7.79. The Morgan fingerprint density at radius 2 is 2.14 bits per heavy atom. The molecule has 0 aromatic carbocycles. The van der Waals surface area contributed by atoms with Gasteiger partial charge >= 0.3 is 11.7 Å². The van der Waals surface area contributed by atoms with Crippen molar-refractivity contribution >= 4 is 23.6 Å². The van der Waals surface area contributed by atoms with Crippen LogP contribution in [0.4, 0.5) is 0 Å². The van der Waals surface area contributed by atoms with Crippen molar-refractivity contribution in [1.29, 1.82) is 0 Å². The van der Waals surface area contributed by atoms with Gasteiger partial charge in [0.05, 0.1) is 11.5 Å². The Bertz CT molecular complexity index is 585. The molecular weight excluding hydrogens is 294 g/mol. The lowest BCUT2D eigenvalue weighted by atomic mass is 10.0. The minimum atomic E-state index is -0.932. The highest BCUT2D eigenvalue weighted by molar-refractivity contribution is 7.98. The molecule has 0 bridgehead atoms. The van der Waals surface area contributed by atoms with E-state index in [0.29, 0.717) is 17.1 Å². The van der Waals surface area contributed by atoms with E-state index in [-0.39, 0.29) is 12.1 Å². The van der Waals surface area contributed by atoms with Crippen molar-refractivity contribution < 1.29 is 14.7 Å². The molecule has 0 fully saturated rings. The summed E-state index contributed by atoms with van der Waals surface area (Å²) in [5, 5.41) is 12.0. The minimum Gasteiger partial charge on any atom is -0.481 e. The van der Waals surface area contributed by atoms with E-state index in [2.05, 4.69) is 15.3 Å². The number of aliphatic carboxylic acids is 1. The number of rotatable bonds is 7. The summed E-state index contributed by atoms with van der Waals surface area (Å²) in [4.78, 5) is 40.8. The number of hydrogen-bond acceptors (Lipinski definition) is 5. The summed E-state index contributed by atoms with van der Waals surface area (Å²) in [6.07, 6.45) is 2.94. The number of aryl methyl sites for hydroxylation is 1. The van der Waals surface area contributed by atoms with E-state index in [0.717, 1.165) is 6.42 Å². The zero-order valence-electron chi connectivity index (χ0n) is 12.2. The van der Waals surface area contributed by atoms with Crippen LogP contribution in [0.15, 0.2) is 9.82 Å². The molecule has 3 N–H and O–H groups in total. The summed E-state index contributed by atoms with van der Waals surface area (Å²) in [6.45, 7) is 3.55. The Morgan fingerprint density at radius 3 is 2.67 bits per heavy atom. The Kier molecular flexibility index (Phi) is 6.41. The monoisotopic (exact) mass is 313 g/mol. The maximum atomic E-state index is 12.2. The van der Waals surface area contributed by atoms with Crippen molar-refractivity contribution in [2.45, 2.75) is 31.7 Å². The van der Waals surface area contributed by atoms with Crippen LogP contribution in [0.1, 0.15) is 35.8 Å². The fourth-order valence-electron chi connectivity index (χ4n) is 1.94. The highest BCUT2D eigenvalue weighted by atomic mass is 32.2. The molecule has 0 aliphatic heterocycles. The van der Waals surface area contributed by atoms with Gasteiger partial charge in [-0.05, 0) is 19.6 Å². The fourth-order valence-corrected chi connectivity index (χ4v) is 2.56. The largest absolute Gasteiger partial charge is 0.481 e. The van der Waals surface area contributed by atoms with Crippen molar-refractivity contribution in [3.63, 3.8) is 0 Å². The number of aromatic nitrogens is 2. The van der Waals surface area contributed by atoms with Crippen LogP contribution < -0.4 is 11.0 Å². The lowest BCUT2D eigenvalue weighted by Gasteiger charge is -2.14. The zero-order valence-corrected chi connectivity index (χ0v) is 13.0. The second kappa shape index (κ2) is 7.82. The Labute approximate surface area is 126 Å². The van der Waals surface area contributed by atoms with Crippen molar-refractivity contribution in [3.05, 3.63) is 21.7 Å². The number of carboxylic acid groups (broad SMARTS) is 1. The third-order valence-electron chi connectivity index (χ3n) is 3.00. The number of nitrogens with one attached hydrogen (secondary N) is 2. The number of hydrogen-bond donors (Lipinski definition) is 3. The first kappa shape index (κ1) is 17.2. The van der Waals surface area contributed by atoms with Crippen LogP contribution >= 0.6 is 11.8 Å². The molecule has 21 heavy (non-hydrogen) atoms. The summed E-state index contributed by atoms with van der Waals surface area (Å²) >= 11 is 1.19. The summed E-state index contributed by atoms with van der Waals surface area (Å²) in [5.41, 5.74) is 0.185.